The lowest BCUT2D eigenvalue weighted by molar-refractivity contribution is -0.250. The summed E-state index contributed by atoms with van der Waals surface area (Å²) in [5, 5.41) is 17.2. The van der Waals surface area contributed by atoms with Crippen molar-refractivity contribution in [1.82, 2.24) is 15.5 Å². The van der Waals surface area contributed by atoms with E-state index in [-0.39, 0.29) is 82.0 Å². The van der Waals surface area contributed by atoms with E-state index in [4.69, 9.17) is 18.9 Å². The third-order valence-corrected chi connectivity index (χ3v) is 23.4. The van der Waals surface area contributed by atoms with Crippen molar-refractivity contribution in [3.05, 3.63) is 0 Å². The molecule has 0 spiro atoms. The predicted octanol–water partition coefficient (Wildman–Crippen LogP) is 7.75. The zero-order valence-corrected chi connectivity index (χ0v) is 43.1. The number of nitrogens with zero attached hydrogens (tertiary/aromatic N) is 1. The van der Waals surface area contributed by atoms with E-state index < -0.39 is 33.2 Å². The molecule has 0 bridgehead atoms. The van der Waals surface area contributed by atoms with Crippen LogP contribution in [0.25, 0.3) is 0 Å². The summed E-state index contributed by atoms with van der Waals surface area (Å²) < 4.78 is 47.8. The first-order chi connectivity index (χ1) is 30.9. The summed E-state index contributed by atoms with van der Waals surface area (Å²) in [7, 11) is -1.47. The lowest BCUT2D eigenvalue weighted by atomic mass is 9.32. The molecule has 0 radical (unpaired) electrons. The zero-order valence-electron chi connectivity index (χ0n) is 42.3. The molecule has 66 heavy (non-hydrogen) atoms. The molecular weight excluding hydrogens is 859 g/mol. The van der Waals surface area contributed by atoms with Crippen LogP contribution in [0.3, 0.4) is 0 Å². The fraction of sp³-hybridized carbons (Fsp3) is 0.942. The van der Waals surface area contributed by atoms with Gasteiger partial charge in [0, 0.05) is 49.8 Å². The third-order valence-electron chi connectivity index (χ3n) is 21.7. The number of carbonyl (C=O) groups is 3. The number of aliphatic carboxylic acids is 1. The number of nitrogens with one attached hydrogen (secondary N) is 2. The van der Waals surface area contributed by atoms with Crippen molar-refractivity contribution in [3.8, 4) is 0 Å². The standard InChI is InChI=1S/C52H87N3O10S/c1-33(54-45(59)64-28-27-63-26-25-62-10)38(55-23-29-66(60,61)30-24-55)32-53-52-18-13-34(48(6)19-20-48)42(52)35-11-12-40-49(7)16-15-41(65-44(58)37-31-36(43(56)57)46(37,2)3)47(4,5)39(49)14-17-51(40,9)50(35,8)21-22-52/h33-42,53H,11-32H2,1-10H3,(H,54,59)(H,56,57)/t33-,34-,35-,36+,37-,38-,39+,40-,41+,42-,49+,50-,51-,52+/m1/s1. The molecule has 1 amide bonds. The van der Waals surface area contributed by atoms with Crippen LogP contribution < -0.4 is 10.6 Å². The number of carboxylic acid groups (broad SMARTS) is 1. The minimum absolute atomic E-state index is 0.0198. The van der Waals surface area contributed by atoms with Crippen LogP contribution in [0.1, 0.15) is 146 Å². The Morgan fingerprint density at radius 2 is 1.44 bits per heavy atom. The number of rotatable bonds is 16. The van der Waals surface area contributed by atoms with Gasteiger partial charge in [0.05, 0.1) is 43.2 Å². The summed E-state index contributed by atoms with van der Waals surface area (Å²) >= 11 is 0. The van der Waals surface area contributed by atoms with Gasteiger partial charge in [0.2, 0.25) is 0 Å². The number of ether oxygens (including phenoxy) is 4. The molecule has 7 aliphatic carbocycles. The highest BCUT2D eigenvalue weighted by Gasteiger charge is 2.72. The van der Waals surface area contributed by atoms with Gasteiger partial charge < -0.3 is 34.7 Å². The number of amides is 1. The van der Waals surface area contributed by atoms with Crippen LogP contribution >= 0.6 is 0 Å². The maximum Gasteiger partial charge on any atom is 0.407 e. The second-order valence-corrected chi connectivity index (χ2v) is 27.5. The molecule has 1 heterocycles. The molecule has 0 aromatic heterocycles. The molecule has 13 nitrogen and oxygen atoms in total. The van der Waals surface area contributed by atoms with E-state index in [1.807, 2.05) is 20.8 Å². The Bertz CT molecular complexity index is 1930. The van der Waals surface area contributed by atoms with Crippen LogP contribution in [-0.4, -0.2) is 125 Å². The van der Waals surface area contributed by atoms with Gasteiger partial charge in [-0.1, -0.05) is 55.4 Å². The van der Waals surface area contributed by atoms with Gasteiger partial charge in [0.15, 0.2) is 9.84 Å². The maximum atomic E-state index is 13.8. The smallest absolute Gasteiger partial charge is 0.407 e. The van der Waals surface area contributed by atoms with E-state index in [1.165, 1.54) is 44.9 Å². The van der Waals surface area contributed by atoms with Crippen LogP contribution in [-0.2, 0) is 38.4 Å². The Morgan fingerprint density at radius 3 is 2.09 bits per heavy atom. The molecule has 1 aliphatic heterocycles. The minimum atomic E-state index is -3.09. The molecule has 0 aromatic rings. The van der Waals surface area contributed by atoms with Crippen molar-refractivity contribution in [1.29, 1.82) is 0 Å². The Kier molecular flexibility index (Phi) is 13.7. The highest BCUT2D eigenvalue weighted by molar-refractivity contribution is 7.91. The Balaban J connectivity index is 0.995. The number of hydrogen-bond donors (Lipinski definition) is 3. The number of esters is 1. The van der Waals surface area contributed by atoms with Crippen LogP contribution in [0.4, 0.5) is 4.79 Å². The van der Waals surface area contributed by atoms with E-state index in [1.54, 1.807) is 7.11 Å². The zero-order chi connectivity index (χ0) is 47.9. The Morgan fingerprint density at radius 1 is 0.742 bits per heavy atom. The fourth-order valence-corrected chi connectivity index (χ4v) is 18.4. The third kappa shape index (κ3) is 8.58. The maximum absolute atomic E-state index is 13.8. The first-order valence-corrected chi connectivity index (χ1v) is 27.8. The normalized spacial score (nSPS) is 42.5. The number of carbonyl (C=O) groups excluding carboxylic acids is 2. The summed E-state index contributed by atoms with van der Waals surface area (Å²) in [6.45, 7) is 24.0. The lowest BCUT2D eigenvalue weighted by Gasteiger charge is -2.73. The molecule has 0 unspecified atom stereocenters. The molecule has 8 fully saturated rings. The number of hydrogen-bond acceptors (Lipinski definition) is 11. The van der Waals surface area contributed by atoms with Gasteiger partial charge >= 0.3 is 18.0 Å². The molecule has 7 saturated carbocycles. The number of fused-ring (bicyclic) bond motifs is 7. The SMILES string of the molecule is COCCOCCOC(=O)N[C@H](C)[C@@H](CN[C@]12CC[C@@H](C3(C)CC3)[C@@H]1[C@H]1CC[C@@H]3[C@@]4(C)CC[C@H](OC(=O)[C@H]5C[C@@H](C(=O)O)C5(C)C)C(C)(C)[C@@H]4CC[C@@]3(C)[C@]1(C)CC2)N1CCS(=O)(=O)CC1. The van der Waals surface area contributed by atoms with Crippen molar-refractivity contribution >= 4 is 27.9 Å². The number of carboxylic acids is 1. The van der Waals surface area contributed by atoms with Gasteiger partial charge in [-0.25, -0.2) is 13.2 Å². The average Bonchev–Trinajstić information content (AvgIpc) is 3.86. The molecule has 8 rings (SSSR count). The summed E-state index contributed by atoms with van der Waals surface area (Å²) in [6.07, 6.45) is 13.6. The summed E-state index contributed by atoms with van der Waals surface area (Å²) in [5.74, 6) is 1.13. The molecule has 3 N–H and O–H groups in total. The number of alkyl carbamates (subject to hydrolysis) is 1. The van der Waals surface area contributed by atoms with E-state index in [0.717, 1.165) is 32.1 Å². The van der Waals surface area contributed by atoms with Crippen molar-refractivity contribution in [3.63, 3.8) is 0 Å². The van der Waals surface area contributed by atoms with Gasteiger partial charge in [-0.15, -0.1) is 0 Å². The molecule has 14 atom stereocenters. The van der Waals surface area contributed by atoms with E-state index in [2.05, 4.69) is 57.1 Å². The van der Waals surface area contributed by atoms with Crippen LogP contribution in [0.2, 0.25) is 0 Å². The first kappa shape index (κ1) is 50.4. The van der Waals surface area contributed by atoms with E-state index in [9.17, 15) is 27.9 Å². The van der Waals surface area contributed by atoms with Gasteiger partial charge in [-0.05, 0) is 147 Å². The van der Waals surface area contributed by atoms with Crippen LogP contribution in [0.5, 0.6) is 0 Å². The summed E-state index contributed by atoms with van der Waals surface area (Å²) in [6, 6.07) is -0.377. The van der Waals surface area contributed by atoms with E-state index >= 15 is 0 Å². The molecular formula is C52H87N3O10S. The fourth-order valence-electron chi connectivity index (χ4n) is 17.2. The lowest BCUT2D eigenvalue weighted by Crippen LogP contribution is -2.69. The molecule has 376 valence electrons. The average molecular weight is 946 g/mol. The van der Waals surface area contributed by atoms with Gasteiger partial charge in [0.25, 0.3) is 0 Å². The second-order valence-electron chi connectivity index (χ2n) is 25.2. The number of sulfone groups is 1. The number of methoxy groups -OCH3 is 1. The van der Waals surface area contributed by atoms with Crippen molar-refractivity contribution in [2.75, 3.05) is 64.7 Å². The Labute approximate surface area is 397 Å². The highest BCUT2D eigenvalue weighted by atomic mass is 32.2. The van der Waals surface area contributed by atoms with Gasteiger partial charge in [-0.2, -0.15) is 0 Å². The van der Waals surface area contributed by atoms with E-state index in [0.29, 0.717) is 74.3 Å². The molecule has 1 saturated heterocycles. The van der Waals surface area contributed by atoms with Crippen molar-refractivity contribution in [2.24, 2.45) is 73.9 Å². The van der Waals surface area contributed by atoms with Gasteiger partial charge in [0.1, 0.15) is 12.7 Å². The highest BCUT2D eigenvalue weighted by Crippen LogP contribution is 2.78. The topological polar surface area (TPSA) is 170 Å². The summed E-state index contributed by atoms with van der Waals surface area (Å²) in [4.78, 5) is 41.0. The van der Waals surface area contributed by atoms with Crippen molar-refractivity contribution < 1.29 is 46.9 Å². The monoisotopic (exact) mass is 946 g/mol. The quantitative estimate of drug-likeness (QED) is 0.102. The molecule has 0 aromatic carbocycles. The Hall–Kier alpha value is -2.00. The van der Waals surface area contributed by atoms with Gasteiger partial charge in [-0.3, -0.25) is 14.5 Å². The molecule has 14 heteroatoms. The van der Waals surface area contributed by atoms with Crippen LogP contribution in [0.15, 0.2) is 0 Å². The van der Waals surface area contributed by atoms with Crippen molar-refractivity contribution in [2.45, 2.75) is 170 Å². The summed E-state index contributed by atoms with van der Waals surface area (Å²) in [5.41, 5.74) is 0.0219. The second kappa shape index (κ2) is 18.0. The first-order valence-electron chi connectivity index (χ1n) is 26.0. The van der Waals surface area contributed by atoms with Crippen LogP contribution in [0, 0.1) is 73.9 Å². The minimum Gasteiger partial charge on any atom is -0.481 e. The molecule has 8 aliphatic rings. The largest absolute Gasteiger partial charge is 0.481 e. The predicted molar refractivity (Wildman–Crippen MR) is 253 cm³/mol.